The van der Waals surface area contributed by atoms with Gasteiger partial charge in [-0.15, -0.1) is 11.3 Å². The van der Waals surface area contributed by atoms with Crippen LogP contribution in [0.4, 0.5) is 0 Å². The number of carbonyl (C=O) groups excluding carboxylic acids is 1. The molecule has 0 fully saturated rings. The van der Waals surface area contributed by atoms with Gasteiger partial charge in [0, 0.05) is 23.3 Å². The number of nitrogens with two attached hydrogens (primary N) is 1. The number of amides is 1. The number of hydrogen-bond donors (Lipinski definition) is 2. The predicted octanol–water partition coefficient (Wildman–Crippen LogP) is 1.49. The maximum Gasteiger partial charge on any atom is 0.249 e. The second kappa shape index (κ2) is 5.10. The summed E-state index contributed by atoms with van der Waals surface area (Å²) in [6.45, 7) is 5.03. The molecule has 5 heteroatoms. The number of primary amides is 1. The van der Waals surface area contributed by atoms with E-state index in [1.165, 1.54) is 11.3 Å². The number of carbonyl (C=O) groups is 1. The highest BCUT2D eigenvalue weighted by molar-refractivity contribution is 7.10. The van der Waals surface area contributed by atoms with Gasteiger partial charge in [0.05, 0.1) is 17.0 Å². The Balaban J connectivity index is 2.44. The number of nitrogens with one attached hydrogen (secondary N) is 1. The average molecular weight is 237 g/mol. The highest BCUT2D eigenvalue weighted by Crippen LogP contribution is 2.15. The first-order valence-corrected chi connectivity index (χ1v) is 5.82. The molecule has 0 atom stereocenters. The molecule has 16 heavy (non-hydrogen) atoms. The first kappa shape index (κ1) is 12.7. The van der Waals surface area contributed by atoms with Gasteiger partial charge in [0.1, 0.15) is 0 Å². The van der Waals surface area contributed by atoms with Crippen LogP contribution in [0.3, 0.4) is 0 Å². The zero-order chi connectivity index (χ0) is 12.2. The topological polar surface area (TPSA) is 78.9 Å². The number of nitriles is 1. The van der Waals surface area contributed by atoms with E-state index in [1.54, 1.807) is 11.4 Å². The Bertz CT molecular complexity index is 417. The molecule has 1 heterocycles. The minimum absolute atomic E-state index is 0.371. The van der Waals surface area contributed by atoms with Crippen molar-refractivity contribution in [2.75, 3.05) is 6.54 Å². The van der Waals surface area contributed by atoms with Crippen molar-refractivity contribution in [1.29, 1.82) is 5.26 Å². The van der Waals surface area contributed by atoms with E-state index in [9.17, 15) is 4.79 Å². The van der Waals surface area contributed by atoms with Crippen LogP contribution in [0.2, 0.25) is 0 Å². The van der Waals surface area contributed by atoms with Crippen LogP contribution in [0, 0.1) is 16.7 Å². The quantitative estimate of drug-likeness (QED) is 0.814. The van der Waals surface area contributed by atoms with Crippen molar-refractivity contribution in [2.24, 2.45) is 11.1 Å². The molecule has 1 rings (SSSR count). The van der Waals surface area contributed by atoms with Crippen molar-refractivity contribution in [3.63, 3.8) is 0 Å². The van der Waals surface area contributed by atoms with Crippen LogP contribution >= 0.6 is 11.3 Å². The summed E-state index contributed by atoms with van der Waals surface area (Å²) >= 11 is 1.49. The van der Waals surface area contributed by atoms with Crippen LogP contribution in [0.15, 0.2) is 11.4 Å². The SMILES string of the molecule is CC(C)(C#N)CNCc1cc(C(N)=O)cs1. The molecule has 0 unspecified atom stereocenters. The molecule has 0 saturated carbocycles. The van der Waals surface area contributed by atoms with Crippen molar-refractivity contribution in [3.05, 3.63) is 21.9 Å². The Hall–Kier alpha value is -1.38. The van der Waals surface area contributed by atoms with E-state index in [4.69, 9.17) is 11.0 Å². The Morgan fingerprint density at radius 1 is 1.69 bits per heavy atom. The maximum atomic E-state index is 10.9. The van der Waals surface area contributed by atoms with Crippen LogP contribution in [0.25, 0.3) is 0 Å². The summed E-state index contributed by atoms with van der Waals surface area (Å²) in [5.41, 5.74) is 5.32. The summed E-state index contributed by atoms with van der Waals surface area (Å²) in [6.07, 6.45) is 0. The zero-order valence-electron chi connectivity index (χ0n) is 9.41. The molecular formula is C11H15N3OS. The van der Waals surface area contributed by atoms with E-state index < -0.39 is 5.91 Å². The Morgan fingerprint density at radius 3 is 2.88 bits per heavy atom. The molecule has 1 amide bonds. The lowest BCUT2D eigenvalue weighted by molar-refractivity contribution is 0.100. The molecule has 86 valence electrons. The van der Waals surface area contributed by atoms with Gasteiger partial charge in [-0.2, -0.15) is 5.26 Å². The summed E-state index contributed by atoms with van der Waals surface area (Å²) in [4.78, 5) is 11.9. The van der Waals surface area contributed by atoms with E-state index in [0.717, 1.165) is 4.88 Å². The van der Waals surface area contributed by atoms with E-state index in [2.05, 4.69) is 11.4 Å². The molecule has 3 N–H and O–H groups in total. The summed E-state index contributed by atoms with van der Waals surface area (Å²) in [5, 5.41) is 13.7. The summed E-state index contributed by atoms with van der Waals surface area (Å²) in [5.74, 6) is -0.403. The van der Waals surface area contributed by atoms with Gasteiger partial charge in [0.25, 0.3) is 0 Å². The minimum Gasteiger partial charge on any atom is -0.366 e. The van der Waals surface area contributed by atoms with Gasteiger partial charge in [0.15, 0.2) is 0 Å². The highest BCUT2D eigenvalue weighted by Gasteiger charge is 2.15. The van der Waals surface area contributed by atoms with Gasteiger partial charge in [0.2, 0.25) is 5.91 Å². The minimum atomic E-state index is -0.403. The molecule has 4 nitrogen and oxygen atoms in total. The van der Waals surface area contributed by atoms with E-state index in [-0.39, 0.29) is 5.41 Å². The Morgan fingerprint density at radius 2 is 2.38 bits per heavy atom. The van der Waals surface area contributed by atoms with Crippen LogP contribution in [-0.2, 0) is 6.54 Å². The number of nitrogens with zero attached hydrogens (tertiary/aromatic N) is 1. The van der Waals surface area contributed by atoms with Crippen molar-refractivity contribution >= 4 is 17.2 Å². The smallest absolute Gasteiger partial charge is 0.249 e. The van der Waals surface area contributed by atoms with Gasteiger partial charge in [-0.25, -0.2) is 0 Å². The largest absolute Gasteiger partial charge is 0.366 e. The third kappa shape index (κ3) is 3.65. The second-order valence-electron chi connectivity index (χ2n) is 4.27. The predicted molar refractivity (Wildman–Crippen MR) is 63.9 cm³/mol. The fourth-order valence-electron chi connectivity index (χ4n) is 1.14. The first-order chi connectivity index (χ1) is 7.44. The Kier molecular flexibility index (Phi) is 4.05. The van der Waals surface area contributed by atoms with Gasteiger partial charge >= 0.3 is 0 Å². The molecule has 0 aliphatic carbocycles. The molecule has 0 saturated heterocycles. The standard InChI is InChI=1S/C11H15N3OS/c1-11(2,6-12)7-14-4-9-3-8(5-16-9)10(13)15/h3,5,14H,4,7H2,1-2H3,(H2,13,15). The maximum absolute atomic E-state index is 10.9. The molecule has 0 spiro atoms. The number of hydrogen-bond acceptors (Lipinski definition) is 4. The normalized spacial score (nSPS) is 11.1. The molecule has 0 aliphatic rings. The van der Waals surface area contributed by atoms with Gasteiger partial charge in [-0.1, -0.05) is 0 Å². The van der Waals surface area contributed by atoms with Crippen molar-refractivity contribution < 1.29 is 4.79 Å². The van der Waals surface area contributed by atoms with Gasteiger partial charge in [-0.05, 0) is 19.9 Å². The van der Waals surface area contributed by atoms with E-state index >= 15 is 0 Å². The van der Waals surface area contributed by atoms with Crippen LogP contribution in [-0.4, -0.2) is 12.5 Å². The summed E-state index contributed by atoms with van der Waals surface area (Å²) < 4.78 is 0. The third-order valence-electron chi connectivity index (χ3n) is 2.11. The van der Waals surface area contributed by atoms with Gasteiger partial charge < -0.3 is 11.1 Å². The lowest BCUT2D eigenvalue weighted by Crippen LogP contribution is -2.27. The van der Waals surface area contributed by atoms with E-state index in [1.807, 2.05) is 13.8 Å². The van der Waals surface area contributed by atoms with E-state index in [0.29, 0.717) is 18.7 Å². The van der Waals surface area contributed by atoms with Crippen molar-refractivity contribution in [3.8, 4) is 6.07 Å². The molecule has 1 aromatic rings. The van der Waals surface area contributed by atoms with Crippen LogP contribution in [0.1, 0.15) is 29.1 Å². The van der Waals surface area contributed by atoms with Crippen LogP contribution < -0.4 is 11.1 Å². The lowest BCUT2D eigenvalue weighted by Gasteiger charge is -2.15. The highest BCUT2D eigenvalue weighted by atomic mass is 32.1. The first-order valence-electron chi connectivity index (χ1n) is 4.94. The molecule has 0 bridgehead atoms. The molecule has 0 radical (unpaired) electrons. The fraction of sp³-hybridized carbons (Fsp3) is 0.455. The average Bonchev–Trinajstić information content (AvgIpc) is 2.66. The van der Waals surface area contributed by atoms with Crippen molar-refractivity contribution in [2.45, 2.75) is 20.4 Å². The number of rotatable bonds is 5. The molecule has 1 aromatic heterocycles. The molecule has 0 aliphatic heterocycles. The molecular weight excluding hydrogens is 222 g/mol. The summed E-state index contributed by atoms with van der Waals surface area (Å²) in [6, 6.07) is 3.99. The zero-order valence-corrected chi connectivity index (χ0v) is 10.2. The monoisotopic (exact) mass is 237 g/mol. The lowest BCUT2D eigenvalue weighted by atomic mass is 9.96. The number of thiophene rings is 1. The fourth-order valence-corrected chi connectivity index (χ4v) is 1.98. The Labute approximate surface area is 99.1 Å². The van der Waals surface area contributed by atoms with Crippen LogP contribution in [0.5, 0.6) is 0 Å². The molecule has 0 aromatic carbocycles. The second-order valence-corrected chi connectivity index (χ2v) is 5.26. The van der Waals surface area contributed by atoms with Crippen molar-refractivity contribution in [1.82, 2.24) is 5.32 Å². The summed E-state index contributed by atoms with van der Waals surface area (Å²) in [7, 11) is 0. The third-order valence-corrected chi connectivity index (χ3v) is 3.04. The van der Waals surface area contributed by atoms with Gasteiger partial charge in [-0.3, -0.25) is 4.79 Å².